The van der Waals surface area contributed by atoms with Crippen LogP contribution in [0.4, 0.5) is 14.5 Å². The minimum absolute atomic E-state index is 0.0401. The summed E-state index contributed by atoms with van der Waals surface area (Å²) in [6.45, 7) is 0.763. The zero-order chi connectivity index (χ0) is 16.2. The Morgan fingerprint density at radius 2 is 2.05 bits per heavy atom. The van der Waals surface area contributed by atoms with E-state index in [0.29, 0.717) is 17.6 Å². The first-order valence-corrected chi connectivity index (χ1v) is 8.66. The van der Waals surface area contributed by atoms with Crippen LogP contribution in [0.3, 0.4) is 0 Å². The van der Waals surface area contributed by atoms with E-state index < -0.39 is 21.5 Å². The zero-order valence-corrected chi connectivity index (χ0v) is 12.8. The SMILES string of the molecule is CS(=O)(=O)CCOCCNc1ccnc2c(F)cc(F)cc12. The molecule has 2 rings (SSSR count). The van der Waals surface area contributed by atoms with Crippen LogP contribution >= 0.6 is 0 Å². The molecule has 0 radical (unpaired) electrons. The average Bonchev–Trinajstić information content (AvgIpc) is 2.42. The number of hydrogen-bond donors (Lipinski definition) is 1. The average molecular weight is 330 g/mol. The third kappa shape index (κ3) is 4.60. The number of benzene rings is 1. The molecule has 1 N–H and O–H groups in total. The van der Waals surface area contributed by atoms with Crippen molar-refractivity contribution in [3.8, 4) is 0 Å². The molecule has 0 aliphatic rings. The first-order valence-electron chi connectivity index (χ1n) is 6.60. The van der Waals surface area contributed by atoms with Crippen LogP contribution in [0.25, 0.3) is 10.9 Å². The van der Waals surface area contributed by atoms with Crippen molar-refractivity contribution in [3.63, 3.8) is 0 Å². The molecule has 0 unspecified atom stereocenters. The highest BCUT2D eigenvalue weighted by Gasteiger charge is 2.08. The van der Waals surface area contributed by atoms with Gasteiger partial charge in [-0.25, -0.2) is 17.2 Å². The number of rotatable bonds is 7. The predicted molar refractivity (Wildman–Crippen MR) is 80.7 cm³/mol. The highest BCUT2D eigenvalue weighted by Crippen LogP contribution is 2.24. The summed E-state index contributed by atoms with van der Waals surface area (Å²) in [6, 6.07) is 3.60. The first kappa shape index (κ1) is 16.6. The molecule has 5 nitrogen and oxygen atoms in total. The van der Waals surface area contributed by atoms with E-state index in [-0.39, 0.29) is 24.5 Å². The molecule has 0 saturated carbocycles. The van der Waals surface area contributed by atoms with Gasteiger partial charge in [-0.1, -0.05) is 0 Å². The van der Waals surface area contributed by atoms with E-state index in [0.717, 1.165) is 12.3 Å². The molecule has 0 aliphatic carbocycles. The summed E-state index contributed by atoms with van der Waals surface area (Å²) in [5.41, 5.74) is 0.625. The Bertz CT molecular complexity index is 766. The van der Waals surface area contributed by atoms with Gasteiger partial charge in [0, 0.05) is 36.1 Å². The Kier molecular flexibility index (Phi) is 5.25. The number of fused-ring (bicyclic) bond motifs is 1. The topological polar surface area (TPSA) is 68.3 Å². The van der Waals surface area contributed by atoms with Gasteiger partial charge in [0.2, 0.25) is 0 Å². The molecular formula is C14H16F2N2O3S. The second kappa shape index (κ2) is 6.97. The predicted octanol–water partition coefficient (Wildman–Crippen LogP) is 1.99. The zero-order valence-electron chi connectivity index (χ0n) is 12.0. The first-order chi connectivity index (χ1) is 10.4. The molecule has 0 fully saturated rings. The lowest BCUT2D eigenvalue weighted by molar-refractivity contribution is 0.159. The summed E-state index contributed by atoms with van der Waals surface area (Å²) in [7, 11) is -3.04. The van der Waals surface area contributed by atoms with Gasteiger partial charge in [-0.05, 0) is 12.1 Å². The van der Waals surface area contributed by atoms with Crippen molar-refractivity contribution in [1.82, 2.24) is 4.98 Å². The van der Waals surface area contributed by atoms with Crippen molar-refractivity contribution in [2.75, 3.05) is 37.1 Å². The van der Waals surface area contributed by atoms with Gasteiger partial charge in [0.15, 0.2) is 5.82 Å². The van der Waals surface area contributed by atoms with Crippen molar-refractivity contribution in [2.45, 2.75) is 0 Å². The monoisotopic (exact) mass is 330 g/mol. The van der Waals surface area contributed by atoms with E-state index in [1.165, 1.54) is 12.3 Å². The van der Waals surface area contributed by atoms with Gasteiger partial charge in [0.1, 0.15) is 21.2 Å². The molecule has 1 aromatic heterocycles. The van der Waals surface area contributed by atoms with Gasteiger partial charge in [-0.3, -0.25) is 4.98 Å². The molecule has 0 aliphatic heterocycles. The van der Waals surface area contributed by atoms with E-state index in [9.17, 15) is 17.2 Å². The Morgan fingerprint density at radius 1 is 1.27 bits per heavy atom. The maximum Gasteiger partial charge on any atom is 0.152 e. The van der Waals surface area contributed by atoms with Crippen molar-refractivity contribution in [1.29, 1.82) is 0 Å². The van der Waals surface area contributed by atoms with Gasteiger partial charge in [-0.2, -0.15) is 0 Å². The quantitative estimate of drug-likeness (QED) is 0.786. The van der Waals surface area contributed by atoms with Crippen LogP contribution < -0.4 is 5.32 Å². The van der Waals surface area contributed by atoms with Crippen LogP contribution in [0.5, 0.6) is 0 Å². The van der Waals surface area contributed by atoms with Gasteiger partial charge in [-0.15, -0.1) is 0 Å². The number of anilines is 1. The fraction of sp³-hybridized carbons (Fsp3) is 0.357. The lowest BCUT2D eigenvalue weighted by Gasteiger charge is -2.10. The third-order valence-electron chi connectivity index (χ3n) is 2.92. The van der Waals surface area contributed by atoms with Crippen LogP contribution in [0.1, 0.15) is 0 Å². The number of ether oxygens (including phenoxy) is 1. The molecule has 8 heteroatoms. The standard InChI is InChI=1S/C14H16F2N2O3S/c1-22(19,20)7-6-21-5-4-17-13-2-3-18-14-11(13)8-10(15)9-12(14)16/h2-3,8-9H,4-7H2,1H3,(H,17,18). The summed E-state index contributed by atoms with van der Waals surface area (Å²) in [5.74, 6) is -1.43. The highest BCUT2D eigenvalue weighted by atomic mass is 32.2. The van der Waals surface area contributed by atoms with Gasteiger partial charge >= 0.3 is 0 Å². The summed E-state index contributed by atoms with van der Waals surface area (Å²) in [6.07, 6.45) is 2.57. The largest absolute Gasteiger partial charge is 0.382 e. The molecule has 0 atom stereocenters. The summed E-state index contributed by atoms with van der Waals surface area (Å²) in [4.78, 5) is 3.89. The van der Waals surface area contributed by atoms with E-state index in [1.54, 1.807) is 6.07 Å². The normalized spacial score (nSPS) is 11.8. The fourth-order valence-corrected chi connectivity index (χ4v) is 2.32. The number of nitrogens with one attached hydrogen (secondary N) is 1. The molecule has 0 bridgehead atoms. The van der Waals surface area contributed by atoms with E-state index >= 15 is 0 Å². The van der Waals surface area contributed by atoms with Gasteiger partial charge in [0.25, 0.3) is 0 Å². The molecule has 2 aromatic rings. The number of nitrogens with zero attached hydrogens (tertiary/aromatic N) is 1. The number of halogens is 2. The maximum atomic E-state index is 13.6. The summed E-state index contributed by atoms with van der Waals surface area (Å²) >= 11 is 0. The summed E-state index contributed by atoms with van der Waals surface area (Å²) in [5, 5.41) is 3.34. The molecule has 22 heavy (non-hydrogen) atoms. The molecular weight excluding hydrogens is 314 g/mol. The third-order valence-corrected chi connectivity index (χ3v) is 3.83. The second-order valence-corrected chi connectivity index (χ2v) is 7.07. The maximum absolute atomic E-state index is 13.6. The molecule has 1 aromatic carbocycles. The highest BCUT2D eigenvalue weighted by molar-refractivity contribution is 7.90. The Balaban J connectivity index is 1.95. The fourth-order valence-electron chi connectivity index (χ4n) is 1.90. The molecule has 0 spiro atoms. The number of pyridine rings is 1. The second-order valence-electron chi connectivity index (χ2n) is 4.81. The van der Waals surface area contributed by atoms with Crippen molar-refractivity contribution in [2.24, 2.45) is 0 Å². The Labute approximate surface area is 127 Å². The number of hydrogen-bond acceptors (Lipinski definition) is 5. The minimum Gasteiger partial charge on any atom is -0.382 e. The Hall–Kier alpha value is -1.80. The van der Waals surface area contributed by atoms with E-state index in [4.69, 9.17) is 4.74 Å². The van der Waals surface area contributed by atoms with Crippen LogP contribution in [0, 0.1) is 11.6 Å². The lowest BCUT2D eigenvalue weighted by atomic mass is 10.1. The molecule has 120 valence electrons. The smallest absolute Gasteiger partial charge is 0.152 e. The van der Waals surface area contributed by atoms with Gasteiger partial charge in [0.05, 0.1) is 19.0 Å². The van der Waals surface area contributed by atoms with Crippen molar-refractivity contribution >= 4 is 26.4 Å². The molecule has 1 heterocycles. The van der Waals surface area contributed by atoms with Crippen LogP contribution in [0.2, 0.25) is 0 Å². The summed E-state index contributed by atoms with van der Waals surface area (Å²) < 4.78 is 53.9. The van der Waals surface area contributed by atoms with Crippen LogP contribution in [-0.4, -0.2) is 45.2 Å². The van der Waals surface area contributed by atoms with E-state index in [2.05, 4.69) is 10.3 Å². The van der Waals surface area contributed by atoms with Crippen molar-refractivity contribution in [3.05, 3.63) is 36.0 Å². The minimum atomic E-state index is -3.04. The van der Waals surface area contributed by atoms with Crippen molar-refractivity contribution < 1.29 is 21.9 Å². The molecule has 0 saturated heterocycles. The van der Waals surface area contributed by atoms with E-state index in [1.807, 2.05) is 0 Å². The number of aromatic nitrogens is 1. The van der Waals surface area contributed by atoms with Crippen LogP contribution in [0.15, 0.2) is 24.4 Å². The number of sulfone groups is 1. The Morgan fingerprint density at radius 3 is 2.77 bits per heavy atom. The van der Waals surface area contributed by atoms with Gasteiger partial charge < -0.3 is 10.1 Å². The van der Waals surface area contributed by atoms with Crippen LogP contribution in [-0.2, 0) is 14.6 Å². The lowest BCUT2D eigenvalue weighted by Crippen LogP contribution is -2.15. The molecule has 0 amide bonds.